The highest BCUT2D eigenvalue weighted by molar-refractivity contribution is 5.79. The van der Waals surface area contributed by atoms with Gasteiger partial charge in [-0.05, 0) is 24.7 Å². The van der Waals surface area contributed by atoms with Crippen LogP contribution in [-0.4, -0.2) is 43.7 Å². The number of ether oxygens (including phenoxy) is 1. The second-order valence-corrected chi connectivity index (χ2v) is 5.26. The van der Waals surface area contributed by atoms with E-state index in [4.69, 9.17) is 10.5 Å². The maximum atomic E-state index is 12.1. The molecule has 1 saturated carbocycles. The van der Waals surface area contributed by atoms with Crippen LogP contribution in [0.5, 0.6) is 0 Å². The second-order valence-electron chi connectivity index (χ2n) is 5.26. The number of nitrogens with two attached hydrogens (primary N) is 1. The summed E-state index contributed by atoms with van der Waals surface area (Å²) >= 11 is 0. The van der Waals surface area contributed by atoms with Gasteiger partial charge in [0, 0.05) is 26.2 Å². The first-order valence-electron chi connectivity index (χ1n) is 6.16. The molecular weight excluding hydrogens is 204 g/mol. The molecule has 4 atom stereocenters. The average Bonchev–Trinajstić information content (AvgIpc) is 2.81. The summed E-state index contributed by atoms with van der Waals surface area (Å²) in [7, 11) is 1.64. The van der Waals surface area contributed by atoms with Gasteiger partial charge in [0.05, 0.1) is 12.5 Å². The Balaban J connectivity index is 1.91. The van der Waals surface area contributed by atoms with Crippen LogP contribution in [0.15, 0.2) is 0 Å². The van der Waals surface area contributed by atoms with E-state index in [-0.39, 0.29) is 11.8 Å². The van der Waals surface area contributed by atoms with Crippen molar-refractivity contribution in [3.8, 4) is 0 Å². The molecule has 92 valence electrons. The lowest BCUT2D eigenvalue weighted by Crippen LogP contribution is -2.37. The number of hydrogen-bond donors (Lipinski definition) is 1. The fourth-order valence-corrected chi connectivity index (χ4v) is 3.12. The highest BCUT2D eigenvalue weighted by Crippen LogP contribution is 2.37. The van der Waals surface area contributed by atoms with Gasteiger partial charge in [-0.3, -0.25) is 4.79 Å². The quantitative estimate of drug-likeness (QED) is 0.761. The Kier molecular flexibility index (Phi) is 3.50. The molecule has 4 heteroatoms. The molecule has 4 nitrogen and oxygen atoms in total. The molecule has 0 bridgehead atoms. The lowest BCUT2D eigenvalue weighted by atomic mass is 9.98. The van der Waals surface area contributed by atoms with Crippen LogP contribution >= 0.6 is 0 Å². The topological polar surface area (TPSA) is 55.6 Å². The number of fused-ring (bicyclic) bond motifs is 1. The summed E-state index contributed by atoms with van der Waals surface area (Å²) in [6.07, 6.45) is 2.32. The Morgan fingerprint density at radius 1 is 1.50 bits per heavy atom. The minimum absolute atomic E-state index is 0.0277. The van der Waals surface area contributed by atoms with Gasteiger partial charge in [-0.1, -0.05) is 6.92 Å². The Labute approximate surface area is 97.1 Å². The maximum absolute atomic E-state index is 12.1. The summed E-state index contributed by atoms with van der Waals surface area (Å²) in [5.74, 6) is 1.39. The number of methoxy groups -OCH3 is 1. The normalized spacial score (nSPS) is 35.2. The van der Waals surface area contributed by atoms with E-state index in [1.807, 2.05) is 11.8 Å². The van der Waals surface area contributed by atoms with Crippen molar-refractivity contribution in [3.63, 3.8) is 0 Å². The molecule has 1 amide bonds. The van der Waals surface area contributed by atoms with Gasteiger partial charge in [0.1, 0.15) is 0 Å². The number of carbonyl (C=O) groups is 1. The molecule has 2 rings (SSSR count). The lowest BCUT2D eigenvalue weighted by Gasteiger charge is -2.22. The number of carbonyl (C=O) groups excluding carboxylic acids is 1. The lowest BCUT2D eigenvalue weighted by molar-refractivity contribution is -0.135. The van der Waals surface area contributed by atoms with Gasteiger partial charge < -0.3 is 15.4 Å². The zero-order valence-corrected chi connectivity index (χ0v) is 10.2. The van der Waals surface area contributed by atoms with Gasteiger partial charge in [-0.25, -0.2) is 0 Å². The largest absolute Gasteiger partial charge is 0.384 e. The monoisotopic (exact) mass is 226 g/mol. The zero-order chi connectivity index (χ0) is 11.7. The fourth-order valence-electron chi connectivity index (χ4n) is 3.12. The van der Waals surface area contributed by atoms with Crippen molar-refractivity contribution in [3.05, 3.63) is 0 Å². The van der Waals surface area contributed by atoms with Gasteiger partial charge >= 0.3 is 0 Å². The summed E-state index contributed by atoms with van der Waals surface area (Å²) in [6, 6.07) is 0.306. The standard InChI is InChI=1S/C12H22N2O2/c1-8(7-16-2)12(15)14-5-9-3-4-11(13)10(9)6-14/h8-11H,3-7,13H2,1-2H3/t8-,9-,10-,11-/m0/s1. The summed E-state index contributed by atoms with van der Waals surface area (Å²) in [5.41, 5.74) is 6.05. The zero-order valence-electron chi connectivity index (χ0n) is 10.2. The Morgan fingerprint density at radius 3 is 2.88 bits per heavy atom. The van der Waals surface area contributed by atoms with Gasteiger partial charge in [0.2, 0.25) is 5.91 Å². The first-order valence-corrected chi connectivity index (χ1v) is 6.16. The van der Waals surface area contributed by atoms with Crippen molar-refractivity contribution in [1.82, 2.24) is 4.90 Å². The molecule has 2 fully saturated rings. The maximum Gasteiger partial charge on any atom is 0.227 e. The minimum atomic E-state index is -0.0277. The van der Waals surface area contributed by atoms with E-state index in [0.29, 0.717) is 24.5 Å². The van der Waals surface area contributed by atoms with Crippen LogP contribution in [0.2, 0.25) is 0 Å². The average molecular weight is 226 g/mol. The summed E-state index contributed by atoms with van der Waals surface area (Å²) < 4.78 is 5.03. The molecule has 1 heterocycles. The third kappa shape index (κ3) is 2.09. The molecule has 0 aromatic heterocycles. The molecule has 0 aromatic carbocycles. The first kappa shape index (κ1) is 11.9. The SMILES string of the molecule is COC[C@H](C)C(=O)N1C[C@@H]2CC[C@H](N)[C@H]2C1. The number of likely N-dealkylation sites (tertiary alicyclic amines) is 1. The van der Waals surface area contributed by atoms with Crippen LogP contribution in [0, 0.1) is 17.8 Å². The van der Waals surface area contributed by atoms with Crippen molar-refractivity contribution in [2.45, 2.75) is 25.8 Å². The Morgan fingerprint density at radius 2 is 2.25 bits per heavy atom. The molecule has 1 aliphatic heterocycles. The van der Waals surface area contributed by atoms with Crippen molar-refractivity contribution in [2.24, 2.45) is 23.5 Å². The van der Waals surface area contributed by atoms with Crippen molar-refractivity contribution >= 4 is 5.91 Å². The van der Waals surface area contributed by atoms with Crippen molar-refractivity contribution < 1.29 is 9.53 Å². The van der Waals surface area contributed by atoms with Crippen LogP contribution in [0.4, 0.5) is 0 Å². The van der Waals surface area contributed by atoms with E-state index in [9.17, 15) is 4.79 Å². The van der Waals surface area contributed by atoms with Crippen LogP contribution in [-0.2, 0) is 9.53 Å². The minimum Gasteiger partial charge on any atom is -0.384 e. The van der Waals surface area contributed by atoms with Crippen LogP contribution in [0.1, 0.15) is 19.8 Å². The number of amides is 1. The van der Waals surface area contributed by atoms with E-state index in [0.717, 1.165) is 19.5 Å². The molecule has 0 aromatic rings. The third-order valence-corrected chi connectivity index (χ3v) is 4.06. The molecule has 0 unspecified atom stereocenters. The van der Waals surface area contributed by atoms with Crippen LogP contribution < -0.4 is 5.73 Å². The molecule has 2 aliphatic rings. The van der Waals surface area contributed by atoms with Gasteiger partial charge in [-0.2, -0.15) is 0 Å². The Bertz CT molecular complexity index is 270. The van der Waals surface area contributed by atoms with Crippen molar-refractivity contribution in [1.29, 1.82) is 0 Å². The van der Waals surface area contributed by atoms with Crippen molar-refractivity contribution in [2.75, 3.05) is 26.8 Å². The summed E-state index contributed by atoms with van der Waals surface area (Å²) in [6.45, 7) is 4.21. The van der Waals surface area contributed by atoms with E-state index in [1.54, 1.807) is 7.11 Å². The number of rotatable bonds is 3. The fraction of sp³-hybridized carbons (Fsp3) is 0.917. The summed E-state index contributed by atoms with van der Waals surface area (Å²) in [5, 5.41) is 0. The molecule has 16 heavy (non-hydrogen) atoms. The first-order chi connectivity index (χ1) is 7.63. The molecule has 1 saturated heterocycles. The van der Waals surface area contributed by atoms with E-state index < -0.39 is 0 Å². The molecule has 0 radical (unpaired) electrons. The van der Waals surface area contributed by atoms with Crippen LogP contribution in [0.25, 0.3) is 0 Å². The van der Waals surface area contributed by atoms with E-state index in [2.05, 4.69) is 0 Å². The molecule has 2 N–H and O–H groups in total. The van der Waals surface area contributed by atoms with Crippen LogP contribution in [0.3, 0.4) is 0 Å². The highest BCUT2D eigenvalue weighted by Gasteiger charge is 2.42. The smallest absolute Gasteiger partial charge is 0.227 e. The van der Waals surface area contributed by atoms with E-state index in [1.165, 1.54) is 6.42 Å². The van der Waals surface area contributed by atoms with Gasteiger partial charge in [-0.15, -0.1) is 0 Å². The van der Waals surface area contributed by atoms with E-state index >= 15 is 0 Å². The second kappa shape index (κ2) is 4.72. The number of hydrogen-bond acceptors (Lipinski definition) is 3. The third-order valence-electron chi connectivity index (χ3n) is 4.06. The molecular formula is C12H22N2O2. The van der Waals surface area contributed by atoms with Gasteiger partial charge in [0.15, 0.2) is 0 Å². The predicted octanol–water partition coefficient (Wildman–Crippen LogP) is 0.465. The predicted molar refractivity (Wildman–Crippen MR) is 61.8 cm³/mol. The highest BCUT2D eigenvalue weighted by atomic mass is 16.5. The summed E-state index contributed by atoms with van der Waals surface area (Å²) in [4.78, 5) is 14.1. The van der Waals surface area contributed by atoms with Gasteiger partial charge in [0.25, 0.3) is 0 Å². The number of nitrogens with zero attached hydrogens (tertiary/aromatic N) is 1. The molecule has 0 spiro atoms. The Hall–Kier alpha value is -0.610. The molecule has 1 aliphatic carbocycles.